The third kappa shape index (κ3) is 3.37. The molecule has 0 aromatic heterocycles. The molecule has 0 heteroatoms. The molecule has 0 unspecified atom stereocenters. The molecular weight excluding hydrogens is 360 g/mol. The number of hydrogen-bond donors (Lipinski definition) is 0. The van der Waals surface area contributed by atoms with Gasteiger partial charge in [0, 0.05) is 0 Å². The largest absolute Gasteiger partial charge is 0.0776 e. The third-order valence-electron chi connectivity index (χ3n) is 5.61. The fourth-order valence-corrected chi connectivity index (χ4v) is 4.56. The summed E-state index contributed by atoms with van der Waals surface area (Å²) < 4.78 is 0. The Hall–Kier alpha value is -3.12. The molecule has 4 aromatic carbocycles. The first-order valence-corrected chi connectivity index (χ1v) is 10.1. The van der Waals surface area contributed by atoms with E-state index in [1.807, 2.05) is 13.8 Å². The van der Waals surface area contributed by atoms with Gasteiger partial charge in [-0.3, -0.25) is 0 Å². The molecule has 0 fully saturated rings. The van der Waals surface area contributed by atoms with Crippen molar-refractivity contribution < 1.29 is 0 Å². The molecule has 0 bridgehead atoms. The maximum atomic E-state index is 2.37. The predicted molar refractivity (Wildman–Crippen MR) is 133 cm³/mol. The Bertz CT molecular complexity index is 1040. The number of hydrogen-bond acceptors (Lipinski definition) is 0. The van der Waals surface area contributed by atoms with E-state index in [0.717, 1.165) is 0 Å². The van der Waals surface area contributed by atoms with Gasteiger partial charge in [0.1, 0.15) is 0 Å². The van der Waals surface area contributed by atoms with E-state index in [4.69, 9.17) is 0 Å². The summed E-state index contributed by atoms with van der Waals surface area (Å²) in [5.41, 5.74) is 9.13. The molecule has 0 aliphatic heterocycles. The Kier molecular flexibility index (Phi) is 7.40. The summed E-state index contributed by atoms with van der Waals surface area (Å²) >= 11 is 0. The van der Waals surface area contributed by atoms with Gasteiger partial charge in [0.25, 0.3) is 0 Å². The summed E-state index contributed by atoms with van der Waals surface area (Å²) in [6, 6.07) is 37.6. The molecule has 1 aliphatic carbocycles. The number of benzene rings is 4. The smallest absolute Gasteiger partial charge is 0.0713 e. The lowest BCUT2D eigenvalue weighted by Crippen LogP contribution is -2.28. The molecule has 1 aliphatic rings. The van der Waals surface area contributed by atoms with Crippen LogP contribution >= 0.6 is 0 Å². The van der Waals surface area contributed by atoms with Gasteiger partial charge >= 0.3 is 0 Å². The maximum absolute atomic E-state index is 2.37. The van der Waals surface area contributed by atoms with E-state index in [1.165, 1.54) is 38.9 Å². The van der Waals surface area contributed by atoms with Gasteiger partial charge in [0.2, 0.25) is 0 Å². The molecule has 5 rings (SSSR count). The zero-order chi connectivity index (χ0) is 19.6. The number of rotatable bonds is 2. The molecule has 4 aromatic rings. The molecule has 154 valence electrons. The van der Waals surface area contributed by atoms with Gasteiger partial charge < -0.3 is 0 Å². The Morgan fingerprint density at radius 1 is 0.500 bits per heavy atom. The molecule has 0 amide bonds. The van der Waals surface area contributed by atoms with Crippen LogP contribution in [0.4, 0.5) is 0 Å². The van der Waals surface area contributed by atoms with Gasteiger partial charge in [0.05, 0.1) is 5.41 Å². The van der Waals surface area contributed by atoms with E-state index in [-0.39, 0.29) is 20.3 Å². The van der Waals surface area contributed by atoms with Gasteiger partial charge in [-0.25, -0.2) is 0 Å². The molecule has 0 heterocycles. The topological polar surface area (TPSA) is 0 Å². The summed E-state index contributed by atoms with van der Waals surface area (Å²) in [7, 11) is 0. The molecule has 0 nitrogen and oxygen atoms in total. The second kappa shape index (κ2) is 9.59. The second-order valence-electron chi connectivity index (χ2n) is 7.08. The maximum Gasteiger partial charge on any atom is 0.0713 e. The molecule has 0 N–H and O–H groups in total. The Labute approximate surface area is 183 Å². The van der Waals surface area contributed by atoms with Gasteiger partial charge in [-0.15, -0.1) is 0 Å². The van der Waals surface area contributed by atoms with Crippen molar-refractivity contribution in [2.24, 2.45) is 0 Å². The van der Waals surface area contributed by atoms with Crippen molar-refractivity contribution >= 4 is 0 Å². The number of aryl methyl sites for hydroxylation is 1. The fourth-order valence-electron chi connectivity index (χ4n) is 4.56. The quantitative estimate of drug-likeness (QED) is 0.281. The van der Waals surface area contributed by atoms with Gasteiger partial charge in [-0.1, -0.05) is 137 Å². The normalized spacial score (nSPS) is 12.2. The summed E-state index contributed by atoms with van der Waals surface area (Å²) in [4.78, 5) is 0. The highest BCUT2D eigenvalue weighted by Crippen LogP contribution is 2.55. The first-order chi connectivity index (χ1) is 13.8. The lowest BCUT2D eigenvalue weighted by atomic mass is 9.67. The number of fused-ring (bicyclic) bond motifs is 3. The van der Waals surface area contributed by atoms with Crippen molar-refractivity contribution in [3.05, 3.63) is 131 Å². The Morgan fingerprint density at radius 3 is 1.53 bits per heavy atom. The van der Waals surface area contributed by atoms with Crippen LogP contribution in [0.25, 0.3) is 11.1 Å². The van der Waals surface area contributed by atoms with Gasteiger partial charge in [0.15, 0.2) is 0 Å². The van der Waals surface area contributed by atoms with Crippen LogP contribution in [0.5, 0.6) is 0 Å². The zero-order valence-corrected chi connectivity index (χ0v) is 16.8. The summed E-state index contributed by atoms with van der Waals surface area (Å²) in [5.74, 6) is 0. The first-order valence-electron chi connectivity index (χ1n) is 10.1. The summed E-state index contributed by atoms with van der Waals surface area (Å²) in [6.07, 6.45) is 0. The summed E-state index contributed by atoms with van der Waals surface area (Å²) in [6.45, 7) is 6.18. The van der Waals surface area contributed by atoms with E-state index in [1.54, 1.807) is 0 Å². The molecule has 0 radical (unpaired) electrons. The Balaban J connectivity index is 0.000000779. The molecule has 30 heavy (non-hydrogen) atoms. The summed E-state index contributed by atoms with van der Waals surface area (Å²) in [5, 5.41) is 0. The molecule has 0 atom stereocenters. The lowest BCUT2D eigenvalue weighted by Gasteiger charge is -2.34. The van der Waals surface area contributed by atoms with E-state index in [0.29, 0.717) is 0 Å². The van der Waals surface area contributed by atoms with Crippen molar-refractivity contribution in [2.75, 3.05) is 0 Å². The van der Waals surface area contributed by atoms with Gasteiger partial charge in [-0.05, 0) is 40.3 Å². The van der Waals surface area contributed by atoms with Crippen LogP contribution in [0.15, 0.2) is 103 Å². The molecule has 0 saturated carbocycles. The van der Waals surface area contributed by atoms with Crippen LogP contribution in [-0.2, 0) is 5.41 Å². The highest BCUT2D eigenvalue weighted by atomic mass is 14.5. The monoisotopic (exact) mass is 394 g/mol. The van der Waals surface area contributed by atoms with Crippen LogP contribution < -0.4 is 0 Å². The van der Waals surface area contributed by atoms with Crippen LogP contribution in [-0.4, -0.2) is 0 Å². The Morgan fingerprint density at radius 2 is 0.967 bits per heavy atom. The zero-order valence-electron chi connectivity index (χ0n) is 16.8. The van der Waals surface area contributed by atoms with Crippen molar-refractivity contribution in [3.8, 4) is 11.1 Å². The first kappa shape index (κ1) is 23.2. The second-order valence-corrected chi connectivity index (χ2v) is 7.08. The minimum Gasteiger partial charge on any atom is -0.0776 e. The fraction of sp³-hybridized carbons (Fsp3) is 0.200. The minimum absolute atomic E-state index is 0. The molecule has 0 spiro atoms. The van der Waals surface area contributed by atoms with Crippen molar-refractivity contribution in [3.63, 3.8) is 0 Å². The van der Waals surface area contributed by atoms with Crippen molar-refractivity contribution in [2.45, 2.75) is 41.0 Å². The lowest BCUT2D eigenvalue weighted by molar-refractivity contribution is 0.767. The standard InChI is InChI=1S/C26H20.C2H6.2CH4/c1-19-16-17-23-22-14-8-9-15-24(22)26(25(23)18-19,20-10-4-2-5-11-20)21-12-6-3-7-13-21;1-2;;/h2-18H,1H3;1-2H3;2*1H4. The average Bonchev–Trinajstić information content (AvgIpc) is 3.07. The van der Waals surface area contributed by atoms with Crippen LogP contribution in [0.1, 0.15) is 56.5 Å². The van der Waals surface area contributed by atoms with Crippen LogP contribution in [0.3, 0.4) is 0 Å². The molecular formula is C30H34. The van der Waals surface area contributed by atoms with Gasteiger partial charge in [-0.2, -0.15) is 0 Å². The SMILES string of the molecule is C.C.CC.Cc1ccc2c(c1)C(c1ccccc1)(c1ccccc1)c1ccccc1-2. The predicted octanol–water partition coefficient (Wildman–Crippen LogP) is 8.66. The van der Waals surface area contributed by atoms with E-state index in [2.05, 4.69) is 110 Å². The van der Waals surface area contributed by atoms with E-state index in [9.17, 15) is 0 Å². The van der Waals surface area contributed by atoms with Crippen LogP contribution in [0, 0.1) is 6.92 Å². The highest BCUT2D eigenvalue weighted by molar-refractivity contribution is 5.86. The van der Waals surface area contributed by atoms with Crippen molar-refractivity contribution in [1.82, 2.24) is 0 Å². The third-order valence-corrected chi connectivity index (χ3v) is 5.61. The van der Waals surface area contributed by atoms with E-state index >= 15 is 0 Å². The highest BCUT2D eigenvalue weighted by Gasteiger charge is 2.45. The van der Waals surface area contributed by atoms with Crippen molar-refractivity contribution in [1.29, 1.82) is 0 Å². The average molecular weight is 395 g/mol. The van der Waals surface area contributed by atoms with E-state index < -0.39 is 0 Å². The molecule has 0 saturated heterocycles. The minimum atomic E-state index is -0.263. The van der Waals surface area contributed by atoms with Crippen LogP contribution in [0.2, 0.25) is 0 Å².